The third-order valence-electron chi connectivity index (χ3n) is 7.46. The second-order valence-corrected chi connectivity index (χ2v) is 13.2. The van der Waals surface area contributed by atoms with Crippen molar-refractivity contribution in [3.05, 3.63) is 83.9 Å². The van der Waals surface area contributed by atoms with Crippen LogP contribution in [0.4, 0.5) is 26.4 Å². The van der Waals surface area contributed by atoms with E-state index in [0.717, 1.165) is 0 Å². The van der Waals surface area contributed by atoms with Gasteiger partial charge in [-0.05, 0) is 75.6 Å². The number of rotatable bonds is 12. The van der Waals surface area contributed by atoms with Gasteiger partial charge in [0, 0.05) is 22.7 Å². The molecule has 0 amide bonds. The van der Waals surface area contributed by atoms with Crippen molar-refractivity contribution < 1.29 is 17.2 Å². The summed E-state index contributed by atoms with van der Waals surface area (Å²) in [5, 5.41) is 9.59. The zero-order chi connectivity index (χ0) is 31.8. The molecule has 2 aromatic carbocycles. The van der Waals surface area contributed by atoms with Gasteiger partial charge in [-0.1, -0.05) is 49.9 Å². The van der Waals surface area contributed by atoms with Crippen molar-refractivity contribution in [3.8, 4) is 11.1 Å². The van der Waals surface area contributed by atoms with Gasteiger partial charge in [0.05, 0.1) is 15.5 Å². The molecular weight excluding hydrogens is 582 g/mol. The molecule has 0 radical (unpaired) electrons. The number of H-pyrrole nitrogens is 1. The highest BCUT2D eigenvalue weighted by Crippen LogP contribution is 2.45. The normalized spacial score (nSPS) is 14.6. The number of hydrogen-bond donors (Lipinski definition) is 4. The molecule has 0 bridgehead atoms. The van der Waals surface area contributed by atoms with Crippen LogP contribution in [-0.4, -0.2) is 34.8 Å². The van der Waals surface area contributed by atoms with Gasteiger partial charge in [-0.15, -0.1) is 11.7 Å². The number of nitrogens with two attached hydrogens (primary N) is 1. The van der Waals surface area contributed by atoms with Crippen LogP contribution in [-0.2, 0) is 15.7 Å². The number of anilines is 3. The van der Waals surface area contributed by atoms with Crippen molar-refractivity contribution in [2.24, 2.45) is 5.92 Å². The fraction of sp³-hybridized carbons (Fsp3) is 0.333. The highest BCUT2D eigenvalue weighted by atomic mass is 35.5. The Hall–Kier alpha value is -3.54. The van der Waals surface area contributed by atoms with E-state index in [-0.39, 0.29) is 38.5 Å². The van der Waals surface area contributed by atoms with Gasteiger partial charge in [-0.25, -0.2) is 27.0 Å². The van der Waals surface area contributed by atoms with E-state index in [1.807, 2.05) is 0 Å². The van der Waals surface area contributed by atoms with Gasteiger partial charge >= 0.3 is 0 Å². The second kappa shape index (κ2) is 11.6. The molecule has 0 saturated heterocycles. The summed E-state index contributed by atoms with van der Waals surface area (Å²) in [4.78, 5) is 3.88. The third-order valence-corrected chi connectivity index (χ3v) is 9.43. The van der Waals surface area contributed by atoms with Crippen LogP contribution in [0.3, 0.4) is 0 Å². The largest absolute Gasteiger partial charge is 0.368 e. The monoisotopic (exact) mass is 618 g/mol. The van der Waals surface area contributed by atoms with E-state index >= 15 is 8.78 Å². The van der Waals surface area contributed by atoms with Crippen LogP contribution in [0.25, 0.3) is 11.1 Å². The number of alkyl halides is 2. The molecule has 0 saturated carbocycles. The van der Waals surface area contributed by atoms with Crippen LogP contribution < -0.4 is 15.8 Å². The molecule has 1 aromatic heterocycles. The van der Waals surface area contributed by atoms with E-state index in [4.69, 9.17) is 17.3 Å². The predicted molar refractivity (Wildman–Crippen MR) is 167 cm³/mol. The highest BCUT2D eigenvalue weighted by Gasteiger charge is 2.49. The zero-order valence-electron chi connectivity index (χ0n) is 24.6. The molecule has 0 aliphatic heterocycles. The average molecular weight is 619 g/mol. The smallest absolute Gasteiger partial charge is 0.248 e. The van der Waals surface area contributed by atoms with E-state index in [0.29, 0.717) is 16.8 Å². The molecule has 42 heavy (non-hydrogen) atoms. The molecule has 0 aliphatic carbocycles. The third kappa shape index (κ3) is 6.13. The molecule has 8 nitrogen and oxygen atoms in total. The van der Waals surface area contributed by atoms with Crippen molar-refractivity contribution in [2.75, 3.05) is 11.1 Å². The lowest BCUT2D eigenvalue weighted by molar-refractivity contribution is 0.141. The summed E-state index contributed by atoms with van der Waals surface area (Å²) in [5.74, 6) is -0.351. The quantitative estimate of drug-likeness (QED) is 0.157. The molecule has 1 heterocycles. The number of sulfonamides is 1. The molecular formula is C30H37ClF2N6O2S. The number of hydrogen-bond acceptors (Lipinski definition) is 6. The first-order valence-electron chi connectivity index (χ1n) is 13.0. The lowest BCUT2D eigenvalue weighted by Crippen LogP contribution is -2.59. The Morgan fingerprint density at radius 3 is 2.17 bits per heavy atom. The lowest BCUT2D eigenvalue weighted by Gasteiger charge is -2.41. The predicted octanol–water partition coefficient (Wildman–Crippen LogP) is 7.38. The van der Waals surface area contributed by atoms with Crippen LogP contribution in [0, 0.1) is 5.92 Å². The first-order valence-corrected chi connectivity index (χ1v) is 14.9. The van der Waals surface area contributed by atoms with Gasteiger partial charge < -0.3 is 11.1 Å². The molecule has 0 aliphatic rings. The Balaban J connectivity index is 2.09. The average Bonchev–Trinajstić information content (AvgIpc) is 3.30. The molecule has 226 valence electrons. The number of nitrogen functional groups attached to an aromatic ring is 1. The Morgan fingerprint density at radius 2 is 1.69 bits per heavy atom. The molecule has 2 unspecified atom stereocenters. The first-order chi connectivity index (χ1) is 19.3. The summed E-state index contributed by atoms with van der Waals surface area (Å²) in [7, 11) is -4.20. The van der Waals surface area contributed by atoms with Gasteiger partial charge in [0.25, 0.3) is 0 Å². The van der Waals surface area contributed by atoms with Gasteiger partial charge in [0.1, 0.15) is 5.67 Å². The van der Waals surface area contributed by atoms with E-state index < -0.39 is 32.8 Å². The standard InChI is InChI=1S/C30H37ClF2N6O2S/c1-10-19(6)29(9,32)23-15-21(35-27-36-26(34)37-38-27)16-24(31)25(23)20-11-13-22(14-12-20)42(40,41)39-28(7,8)30(33,17(2)3)18(4)5/h10-16,19,39H,1-2,4H2,3,5-9H3,(H4,34,35,36,37,38). The molecule has 3 aromatic rings. The summed E-state index contributed by atoms with van der Waals surface area (Å²) in [6.45, 7) is 20.1. The molecule has 0 spiro atoms. The second-order valence-electron chi connectivity index (χ2n) is 11.1. The minimum Gasteiger partial charge on any atom is -0.368 e. The van der Waals surface area contributed by atoms with E-state index in [2.05, 4.69) is 45.0 Å². The topological polar surface area (TPSA) is 126 Å². The van der Waals surface area contributed by atoms with Gasteiger partial charge in [-0.2, -0.15) is 4.98 Å². The maximum Gasteiger partial charge on any atom is 0.248 e. The van der Waals surface area contributed by atoms with Crippen molar-refractivity contribution in [1.82, 2.24) is 19.9 Å². The first kappa shape index (κ1) is 33.0. The van der Waals surface area contributed by atoms with Crippen molar-refractivity contribution in [3.63, 3.8) is 0 Å². The number of aromatic nitrogens is 3. The lowest BCUT2D eigenvalue weighted by atomic mass is 9.76. The Kier molecular flexibility index (Phi) is 9.12. The number of nitrogens with zero attached hydrogens (tertiary/aromatic N) is 2. The maximum atomic E-state index is 16.4. The molecule has 12 heteroatoms. The number of nitrogens with one attached hydrogen (secondary N) is 3. The minimum atomic E-state index is -4.20. The van der Waals surface area contributed by atoms with Crippen LogP contribution in [0.15, 0.2) is 78.3 Å². The summed E-state index contributed by atoms with van der Waals surface area (Å²) >= 11 is 6.73. The van der Waals surface area contributed by atoms with Crippen molar-refractivity contribution in [2.45, 2.75) is 63.3 Å². The van der Waals surface area contributed by atoms with Crippen LogP contribution in [0.2, 0.25) is 5.02 Å². The summed E-state index contributed by atoms with van der Waals surface area (Å²) in [6.07, 6.45) is 1.50. The number of benzene rings is 2. The SMILES string of the molecule is C=CC(C)C(C)(F)c1cc(Nc2n[nH]c(N)n2)cc(Cl)c1-c1ccc(S(=O)(=O)NC(C)(C)C(F)(C(=C)C)C(=C)C)cc1. The number of aromatic amines is 1. The van der Waals surface area contributed by atoms with E-state index in [1.54, 1.807) is 19.1 Å². The molecule has 2 atom stereocenters. The minimum absolute atomic E-state index is 0.0976. The highest BCUT2D eigenvalue weighted by molar-refractivity contribution is 7.89. The summed E-state index contributed by atoms with van der Waals surface area (Å²) in [6, 6.07) is 8.90. The van der Waals surface area contributed by atoms with Gasteiger partial charge in [-0.3, -0.25) is 0 Å². The van der Waals surface area contributed by atoms with E-state index in [9.17, 15) is 8.42 Å². The molecule has 5 N–H and O–H groups in total. The fourth-order valence-electron chi connectivity index (χ4n) is 4.98. The Labute approximate surface area is 251 Å². The fourth-order valence-corrected chi connectivity index (χ4v) is 6.73. The number of halogens is 3. The van der Waals surface area contributed by atoms with Crippen molar-refractivity contribution >= 4 is 39.2 Å². The summed E-state index contributed by atoms with van der Waals surface area (Å²) < 4.78 is 61.6. The van der Waals surface area contributed by atoms with E-state index in [1.165, 1.54) is 65.0 Å². The molecule has 3 rings (SSSR count). The van der Waals surface area contributed by atoms with Crippen molar-refractivity contribution in [1.29, 1.82) is 0 Å². The molecule has 0 fully saturated rings. The van der Waals surface area contributed by atoms with Gasteiger partial charge in [0.2, 0.25) is 21.9 Å². The van der Waals surface area contributed by atoms with Crippen LogP contribution in [0.5, 0.6) is 0 Å². The van der Waals surface area contributed by atoms with Crippen LogP contribution in [0.1, 0.15) is 47.1 Å². The Morgan fingerprint density at radius 1 is 1.12 bits per heavy atom. The summed E-state index contributed by atoms with van der Waals surface area (Å²) in [5.41, 5.74) is 1.57. The maximum absolute atomic E-state index is 16.4. The number of allylic oxidation sites excluding steroid dienone is 1. The zero-order valence-corrected chi connectivity index (χ0v) is 26.1. The van der Waals surface area contributed by atoms with Crippen LogP contribution >= 0.6 is 11.6 Å². The van der Waals surface area contributed by atoms with Gasteiger partial charge in [0.15, 0.2) is 5.67 Å². The Bertz CT molecular complexity index is 1620.